The van der Waals surface area contributed by atoms with Crippen molar-refractivity contribution in [2.24, 2.45) is 5.73 Å². The van der Waals surface area contributed by atoms with Crippen molar-refractivity contribution >= 4 is 22.4 Å². The van der Waals surface area contributed by atoms with Gasteiger partial charge in [-0.2, -0.15) is 0 Å². The van der Waals surface area contributed by atoms with Gasteiger partial charge in [0.2, 0.25) is 5.91 Å². The molecule has 0 bridgehead atoms. The van der Waals surface area contributed by atoms with E-state index in [-0.39, 0.29) is 5.91 Å². The van der Waals surface area contributed by atoms with E-state index in [2.05, 4.69) is 24.3 Å². The summed E-state index contributed by atoms with van der Waals surface area (Å²) >= 11 is 0. The fourth-order valence-corrected chi connectivity index (χ4v) is 2.68. The Kier molecular flexibility index (Phi) is 2.99. The van der Waals surface area contributed by atoms with Crippen LogP contribution in [0, 0.1) is 0 Å². The van der Waals surface area contributed by atoms with E-state index in [1.807, 2.05) is 24.0 Å². The molecule has 3 nitrogen and oxygen atoms in total. The molecule has 1 aliphatic heterocycles. The number of carbonyl (C=O) groups excluding carboxylic acids is 1. The third-order valence-electron chi connectivity index (χ3n) is 3.87. The molecule has 3 rings (SSSR count). The largest absolute Gasteiger partial charge is 0.320 e. The Balaban J connectivity index is 2.04. The highest BCUT2D eigenvalue weighted by atomic mass is 16.2. The van der Waals surface area contributed by atoms with Crippen molar-refractivity contribution in [1.29, 1.82) is 0 Å². The van der Waals surface area contributed by atoms with Gasteiger partial charge in [-0.3, -0.25) is 4.79 Å². The minimum Gasteiger partial charge on any atom is -0.320 e. The van der Waals surface area contributed by atoms with E-state index in [9.17, 15) is 4.79 Å². The summed E-state index contributed by atoms with van der Waals surface area (Å²) in [5, 5.41) is 2.40. The predicted molar refractivity (Wildman–Crippen MR) is 78.3 cm³/mol. The topological polar surface area (TPSA) is 46.3 Å². The molecule has 0 fully saturated rings. The molecule has 3 heteroatoms. The van der Waals surface area contributed by atoms with Gasteiger partial charge in [0.1, 0.15) is 0 Å². The highest BCUT2D eigenvalue weighted by molar-refractivity contribution is 6.01. The summed E-state index contributed by atoms with van der Waals surface area (Å²) in [5.41, 5.74) is 8.16. The van der Waals surface area contributed by atoms with E-state index in [0.717, 1.165) is 18.7 Å². The molecule has 2 aromatic carbocycles. The average Bonchev–Trinajstić information content (AvgIpc) is 2.85. The first kappa shape index (κ1) is 12.2. The normalized spacial score (nSPS) is 15.6. The van der Waals surface area contributed by atoms with Crippen LogP contribution < -0.4 is 10.6 Å². The van der Waals surface area contributed by atoms with Gasteiger partial charge in [0, 0.05) is 12.2 Å². The van der Waals surface area contributed by atoms with Gasteiger partial charge in [-0.05, 0) is 41.3 Å². The van der Waals surface area contributed by atoms with Crippen LogP contribution in [-0.4, -0.2) is 18.5 Å². The van der Waals surface area contributed by atoms with Crippen molar-refractivity contribution < 1.29 is 4.79 Å². The maximum Gasteiger partial charge on any atom is 0.243 e. The van der Waals surface area contributed by atoms with Gasteiger partial charge in [-0.15, -0.1) is 0 Å². The number of benzene rings is 2. The van der Waals surface area contributed by atoms with E-state index in [0.29, 0.717) is 6.42 Å². The quantitative estimate of drug-likeness (QED) is 0.895. The van der Waals surface area contributed by atoms with Crippen molar-refractivity contribution in [1.82, 2.24) is 0 Å². The molecule has 2 N–H and O–H groups in total. The third kappa shape index (κ3) is 2.00. The monoisotopic (exact) mass is 254 g/mol. The number of amides is 1. The number of fused-ring (bicyclic) bond motifs is 2. The van der Waals surface area contributed by atoms with Crippen LogP contribution in [0.3, 0.4) is 0 Å². The summed E-state index contributed by atoms with van der Waals surface area (Å²) in [4.78, 5) is 14.1. The number of hydrogen-bond acceptors (Lipinski definition) is 2. The lowest BCUT2D eigenvalue weighted by Crippen LogP contribution is -2.42. The van der Waals surface area contributed by atoms with E-state index in [1.165, 1.54) is 16.3 Å². The van der Waals surface area contributed by atoms with Crippen molar-refractivity contribution in [3.8, 4) is 0 Å². The molecule has 0 unspecified atom stereocenters. The number of carbonyl (C=O) groups is 1. The zero-order chi connectivity index (χ0) is 13.4. The SMILES string of the molecule is CC[C@H](N)C(=O)N1CCc2cc3ccccc3cc21. The lowest BCUT2D eigenvalue weighted by atomic mass is 10.0. The Morgan fingerprint density at radius 3 is 2.68 bits per heavy atom. The molecule has 98 valence electrons. The van der Waals surface area contributed by atoms with Crippen molar-refractivity contribution in [3.05, 3.63) is 42.0 Å². The van der Waals surface area contributed by atoms with Gasteiger partial charge in [0.25, 0.3) is 0 Å². The van der Waals surface area contributed by atoms with Gasteiger partial charge < -0.3 is 10.6 Å². The van der Waals surface area contributed by atoms with Crippen LogP contribution >= 0.6 is 0 Å². The molecule has 0 saturated heterocycles. The average molecular weight is 254 g/mol. The minimum absolute atomic E-state index is 0.0385. The fraction of sp³-hybridized carbons (Fsp3) is 0.312. The van der Waals surface area contributed by atoms with Gasteiger partial charge in [-0.1, -0.05) is 31.2 Å². The van der Waals surface area contributed by atoms with Gasteiger partial charge in [0.15, 0.2) is 0 Å². The molecule has 0 spiro atoms. The Labute approximate surface area is 113 Å². The first-order valence-electron chi connectivity index (χ1n) is 6.79. The zero-order valence-corrected chi connectivity index (χ0v) is 11.1. The van der Waals surface area contributed by atoms with Crippen LogP contribution in [0.5, 0.6) is 0 Å². The van der Waals surface area contributed by atoms with E-state index < -0.39 is 6.04 Å². The van der Waals surface area contributed by atoms with Crippen LogP contribution in [0.15, 0.2) is 36.4 Å². The van der Waals surface area contributed by atoms with Gasteiger partial charge in [0.05, 0.1) is 6.04 Å². The summed E-state index contributed by atoms with van der Waals surface area (Å²) in [6.45, 7) is 2.69. The van der Waals surface area contributed by atoms with E-state index >= 15 is 0 Å². The Hall–Kier alpha value is -1.87. The summed E-state index contributed by atoms with van der Waals surface area (Å²) in [6.07, 6.45) is 1.60. The van der Waals surface area contributed by atoms with Crippen molar-refractivity contribution in [2.75, 3.05) is 11.4 Å². The van der Waals surface area contributed by atoms with E-state index in [1.54, 1.807) is 0 Å². The predicted octanol–water partition coefficient (Wildman–Crippen LogP) is 2.47. The smallest absolute Gasteiger partial charge is 0.243 e. The highest BCUT2D eigenvalue weighted by Crippen LogP contribution is 2.32. The Bertz CT molecular complexity index is 636. The molecule has 2 aromatic rings. The standard InChI is InChI=1S/C16H18N2O/c1-2-14(17)16(19)18-8-7-13-9-11-5-3-4-6-12(11)10-15(13)18/h3-6,9-10,14H,2,7-8,17H2,1H3/t14-/m0/s1. The molecule has 1 heterocycles. The first-order chi connectivity index (χ1) is 9.20. The molecular formula is C16H18N2O. The second-order valence-electron chi connectivity index (χ2n) is 5.08. The summed E-state index contributed by atoms with van der Waals surface area (Å²) < 4.78 is 0. The van der Waals surface area contributed by atoms with Crippen LogP contribution in [0.2, 0.25) is 0 Å². The number of anilines is 1. The second kappa shape index (κ2) is 4.67. The number of nitrogens with two attached hydrogens (primary N) is 1. The summed E-state index contributed by atoms with van der Waals surface area (Å²) in [6, 6.07) is 12.2. The maximum absolute atomic E-state index is 12.3. The molecule has 1 atom stereocenters. The van der Waals surface area contributed by atoms with Crippen LogP contribution in [-0.2, 0) is 11.2 Å². The number of hydrogen-bond donors (Lipinski definition) is 1. The first-order valence-corrected chi connectivity index (χ1v) is 6.79. The highest BCUT2D eigenvalue weighted by Gasteiger charge is 2.27. The van der Waals surface area contributed by atoms with Gasteiger partial charge >= 0.3 is 0 Å². The van der Waals surface area contributed by atoms with Crippen LogP contribution in [0.25, 0.3) is 10.8 Å². The minimum atomic E-state index is -0.391. The molecule has 1 amide bonds. The van der Waals surface area contributed by atoms with Crippen LogP contribution in [0.1, 0.15) is 18.9 Å². The lowest BCUT2D eigenvalue weighted by molar-refractivity contribution is -0.119. The number of nitrogens with zero attached hydrogens (tertiary/aromatic N) is 1. The van der Waals surface area contributed by atoms with Crippen LogP contribution in [0.4, 0.5) is 5.69 Å². The van der Waals surface area contributed by atoms with Gasteiger partial charge in [-0.25, -0.2) is 0 Å². The molecule has 0 radical (unpaired) electrons. The van der Waals surface area contributed by atoms with Crippen molar-refractivity contribution in [3.63, 3.8) is 0 Å². The third-order valence-corrected chi connectivity index (χ3v) is 3.87. The molecule has 0 aromatic heterocycles. The fourth-order valence-electron chi connectivity index (χ4n) is 2.68. The lowest BCUT2D eigenvalue weighted by Gasteiger charge is -2.21. The Morgan fingerprint density at radius 2 is 2.00 bits per heavy atom. The van der Waals surface area contributed by atoms with E-state index in [4.69, 9.17) is 5.73 Å². The molecule has 0 saturated carbocycles. The zero-order valence-electron chi connectivity index (χ0n) is 11.1. The number of rotatable bonds is 2. The second-order valence-corrected chi connectivity index (χ2v) is 5.08. The summed E-state index contributed by atoms with van der Waals surface area (Å²) in [5.74, 6) is 0.0385. The molecule has 1 aliphatic rings. The van der Waals surface area contributed by atoms with Crippen molar-refractivity contribution in [2.45, 2.75) is 25.8 Å². The molecular weight excluding hydrogens is 236 g/mol. The molecule has 19 heavy (non-hydrogen) atoms. The molecule has 0 aliphatic carbocycles. The Morgan fingerprint density at radius 1 is 1.32 bits per heavy atom. The summed E-state index contributed by atoms with van der Waals surface area (Å²) in [7, 11) is 0. The maximum atomic E-state index is 12.3.